The van der Waals surface area contributed by atoms with Crippen molar-refractivity contribution in [2.45, 2.75) is 27.3 Å². The van der Waals surface area contributed by atoms with Gasteiger partial charge >= 0.3 is 0 Å². The van der Waals surface area contributed by atoms with Crippen molar-refractivity contribution >= 4 is 23.1 Å². The second-order valence-electron chi connectivity index (χ2n) is 6.63. The van der Waals surface area contributed by atoms with Crippen molar-refractivity contribution in [1.29, 1.82) is 0 Å². The number of nitrogens with zero attached hydrogens (tertiary/aromatic N) is 4. The molecule has 0 radical (unpaired) electrons. The molecule has 0 fully saturated rings. The molecular formula is C22H26N6O. The Hall–Kier alpha value is -3.48. The summed E-state index contributed by atoms with van der Waals surface area (Å²) in [5.74, 6) is 0.320. The summed E-state index contributed by atoms with van der Waals surface area (Å²) < 4.78 is 0. The molecule has 0 saturated carbocycles. The van der Waals surface area contributed by atoms with Crippen molar-refractivity contribution < 1.29 is 4.79 Å². The van der Waals surface area contributed by atoms with Gasteiger partial charge in [0, 0.05) is 43.4 Å². The second kappa shape index (κ2) is 9.64. The van der Waals surface area contributed by atoms with Gasteiger partial charge in [-0.3, -0.25) is 9.78 Å². The lowest BCUT2D eigenvalue weighted by Gasteiger charge is -2.22. The van der Waals surface area contributed by atoms with Crippen molar-refractivity contribution in [3.8, 4) is 0 Å². The van der Waals surface area contributed by atoms with Crippen LogP contribution in [0.3, 0.4) is 0 Å². The minimum absolute atomic E-state index is 0.271. The molecular weight excluding hydrogens is 364 g/mol. The SMILES string of the molecule is CCN(CC)c1ccc(Nc2cnc(C(=O)NCc3cccnc3)cn2)c(C)c1. The maximum atomic E-state index is 12.2. The van der Waals surface area contributed by atoms with E-state index in [9.17, 15) is 4.79 Å². The normalized spacial score (nSPS) is 10.4. The van der Waals surface area contributed by atoms with E-state index < -0.39 is 0 Å². The van der Waals surface area contributed by atoms with Crippen molar-refractivity contribution in [3.63, 3.8) is 0 Å². The summed E-state index contributed by atoms with van der Waals surface area (Å²) in [7, 11) is 0. The van der Waals surface area contributed by atoms with Gasteiger partial charge in [-0.05, 0) is 56.2 Å². The van der Waals surface area contributed by atoms with Crippen molar-refractivity contribution in [2.75, 3.05) is 23.3 Å². The number of carbonyl (C=O) groups is 1. The zero-order chi connectivity index (χ0) is 20.6. The van der Waals surface area contributed by atoms with Crippen LogP contribution in [0.25, 0.3) is 0 Å². The van der Waals surface area contributed by atoms with Gasteiger partial charge in [0.2, 0.25) is 0 Å². The lowest BCUT2D eigenvalue weighted by molar-refractivity contribution is 0.0945. The van der Waals surface area contributed by atoms with Gasteiger partial charge in [-0.15, -0.1) is 0 Å². The lowest BCUT2D eigenvalue weighted by atomic mass is 10.1. The molecule has 0 bridgehead atoms. The van der Waals surface area contributed by atoms with E-state index in [0.717, 1.165) is 29.9 Å². The first kappa shape index (κ1) is 20.3. The quantitative estimate of drug-likeness (QED) is 0.610. The second-order valence-corrected chi connectivity index (χ2v) is 6.63. The van der Waals surface area contributed by atoms with E-state index in [1.54, 1.807) is 18.6 Å². The van der Waals surface area contributed by atoms with Gasteiger partial charge in [0.25, 0.3) is 5.91 Å². The Morgan fingerprint density at radius 3 is 2.52 bits per heavy atom. The molecule has 1 amide bonds. The van der Waals surface area contributed by atoms with Gasteiger partial charge in [-0.25, -0.2) is 9.97 Å². The van der Waals surface area contributed by atoms with E-state index in [0.29, 0.717) is 12.4 Å². The lowest BCUT2D eigenvalue weighted by Crippen LogP contribution is -2.24. The van der Waals surface area contributed by atoms with Crippen LogP contribution < -0.4 is 15.5 Å². The molecule has 2 heterocycles. The number of pyridine rings is 1. The summed E-state index contributed by atoms with van der Waals surface area (Å²) in [5.41, 5.74) is 4.48. The average Bonchev–Trinajstić information content (AvgIpc) is 2.76. The molecule has 150 valence electrons. The van der Waals surface area contributed by atoms with Crippen LogP contribution in [0.4, 0.5) is 17.2 Å². The summed E-state index contributed by atoms with van der Waals surface area (Å²) in [6.07, 6.45) is 6.45. The molecule has 2 N–H and O–H groups in total. The third-order valence-electron chi connectivity index (χ3n) is 4.66. The number of aromatic nitrogens is 3. The summed E-state index contributed by atoms with van der Waals surface area (Å²) in [5, 5.41) is 6.08. The number of hydrogen-bond acceptors (Lipinski definition) is 6. The number of amides is 1. The number of aryl methyl sites for hydroxylation is 1. The van der Waals surface area contributed by atoms with Crippen LogP contribution in [0.5, 0.6) is 0 Å². The summed E-state index contributed by atoms with van der Waals surface area (Å²) in [4.78, 5) is 27.1. The Bertz CT molecular complexity index is 939. The minimum atomic E-state index is -0.271. The molecule has 0 saturated heterocycles. The molecule has 2 aromatic heterocycles. The van der Waals surface area contributed by atoms with Crippen LogP contribution in [0.15, 0.2) is 55.1 Å². The highest BCUT2D eigenvalue weighted by Gasteiger charge is 2.09. The Balaban J connectivity index is 1.62. The topological polar surface area (TPSA) is 83.0 Å². The summed E-state index contributed by atoms with van der Waals surface area (Å²) >= 11 is 0. The molecule has 0 spiro atoms. The number of benzene rings is 1. The van der Waals surface area contributed by atoms with Gasteiger partial charge in [0.15, 0.2) is 0 Å². The third-order valence-corrected chi connectivity index (χ3v) is 4.66. The maximum absolute atomic E-state index is 12.2. The monoisotopic (exact) mass is 390 g/mol. The molecule has 0 unspecified atom stereocenters. The molecule has 0 aliphatic carbocycles. The van der Waals surface area contributed by atoms with E-state index in [2.05, 4.69) is 63.4 Å². The van der Waals surface area contributed by atoms with E-state index >= 15 is 0 Å². The summed E-state index contributed by atoms with van der Waals surface area (Å²) in [6.45, 7) is 8.69. The Labute approximate surface area is 171 Å². The molecule has 3 aromatic rings. The van der Waals surface area contributed by atoms with Crippen molar-refractivity contribution in [1.82, 2.24) is 20.3 Å². The van der Waals surface area contributed by atoms with Gasteiger partial charge in [0.05, 0.1) is 12.4 Å². The molecule has 0 aliphatic heterocycles. The number of rotatable bonds is 8. The van der Waals surface area contributed by atoms with Gasteiger partial charge < -0.3 is 15.5 Å². The molecule has 7 heteroatoms. The van der Waals surface area contributed by atoms with Crippen molar-refractivity contribution in [3.05, 3.63) is 71.9 Å². The number of carbonyl (C=O) groups excluding carboxylic acids is 1. The fraction of sp³-hybridized carbons (Fsp3) is 0.273. The number of anilines is 3. The van der Waals surface area contributed by atoms with Crippen molar-refractivity contribution in [2.24, 2.45) is 0 Å². The van der Waals surface area contributed by atoms with Gasteiger partial charge in [-0.1, -0.05) is 6.07 Å². The first-order chi connectivity index (χ1) is 14.1. The number of nitrogens with one attached hydrogen (secondary N) is 2. The molecule has 1 aromatic carbocycles. The predicted octanol–water partition coefficient (Wildman–Crippen LogP) is 3.70. The fourth-order valence-electron chi connectivity index (χ4n) is 3.00. The molecule has 3 rings (SSSR count). The van der Waals surface area contributed by atoms with Gasteiger partial charge in [0.1, 0.15) is 11.5 Å². The summed E-state index contributed by atoms with van der Waals surface area (Å²) in [6, 6.07) is 10.0. The Morgan fingerprint density at radius 2 is 1.90 bits per heavy atom. The van der Waals surface area contributed by atoms with E-state index in [4.69, 9.17) is 0 Å². The number of hydrogen-bond donors (Lipinski definition) is 2. The first-order valence-corrected chi connectivity index (χ1v) is 9.72. The predicted molar refractivity (Wildman–Crippen MR) is 115 cm³/mol. The van der Waals surface area contributed by atoms with Crippen LogP contribution >= 0.6 is 0 Å². The van der Waals surface area contributed by atoms with Crippen LogP contribution in [-0.2, 0) is 6.54 Å². The Morgan fingerprint density at radius 1 is 1.07 bits per heavy atom. The Kier molecular flexibility index (Phi) is 6.73. The van der Waals surface area contributed by atoms with Gasteiger partial charge in [-0.2, -0.15) is 0 Å². The zero-order valence-corrected chi connectivity index (χ0v) is 17.0. The van der Waals surface area contributed by atoms with Crippen LogP contribution in [0.1, 0.15) is 35.5 Å². The molecule has 0 aliphatic rings. The molecule has 7 nitrogen and oxygen atoms in total. The minimum Gasteiger partial charge on any atom is -0.372 e. The maximum Gasteiger partial charge on any atom is 0.271 e. The largest absolute Gasteiger partial charge is 0.372 e. The third kappa shape index (κ3) is 5.28. The van der Waals surface area contributed by atoms with E-state index in [1.807, 2.05) is 18.2 Å². The standard InChI is InChI=1S/C22H26N6O/c1-4-28(5-2)18-8-9-19(16(3)11-18)27-21-15-24-20(14-25-21)22(29)26-13-17-7-6-10-23-12-17/h6-12,14-15H,4-5,13H2,1-3H3,(H,25,27)(H,26,29). The zero-order valence-electron chi connectivity index (χ0n) is 17.0. The van der Waals surface area contributed by atoms with E-state index in [-0.39, 0.29) is 11.6 Å². The first-order valence-electron chi connectivity index (χ1n) is 9.72. The average molecular weight is 390 g/mol. The van der Waals surface area contributed by atoms with E-state index in [1.165, 1.54) is 11.9 Å². The van der Waals surface area contributed by atoms with Crippen LogP contribution in [0.2, 0.25) is 0 Å². The smallest absolute Gasteiger partial charge is 0.271 e. The fourth-order valence-corrected chi connectivity index (χ4v) is 3.00. The molecule has 29 heavy (non-hydrogen) atoms. The van der Waals surface area contributed by atoms with Crippen LogP contribution in [-0.4, -0.2) is 33.9 Å². The van der Waals surface area contributed by atoms with Crippen LogP contribution in [0, 0.1) is 6.92 Å². The highest BCUT2D eigenvalue weighted by atomic mass is 16.1. The highest BCUT2D eigenvalue weighted by Crippen LogP contribution is 2.24. The molecule has 0 atom stereocenters. The highest BCUT2D eigenvalue weighted by molar-refractivity contribution is 5.92.